The molecule has 0 aliphatic carbocycles. The largest absolute Gasteiger partial charge is 0.103 e. The summed E-state index contributed by atoms with van der Waals surface area (Å²) in [6.45, 7) is 13.9. The summed E-state index contributed by atoms with van der Waals surface area (Å²) in [7, 11) is 0. The van der Waals surface area contributed by atoms with E-state index in [1.54, 1.807) is 0 Å². The Morgan fingerprint density at radius 2 is 1.71 bits per heavy atom. The van der Waals surface area contributed by atoms with Crippen molar-refractivity contribution in [2.24, 2.45) is 5.92 Å². The minimum atomic E-state index is 0.713. The Labute approximate surface area is 91.1 Å². The first-order valence-corrected chi connectivity index (χ1v) is 5.96. The Kier molecular flexibility index (Phi) is 17.0. The Morgan fingerprint density at radius 1 is 1.07 bits per heavy atom. The number of rotatable bonds is 7. The summed E-state index contributed by atoms with van der Waals surface area (Å²) >= 11 is 0. The molecule has 0 aliphatic heterocycles. The van der Waals surface area contributed by atoms with Crippen molar-refractivity contribution in [3.8, 4) is 0 Å². The second-order valence-corrected chi connectivity index (χ2v) is 3.79. The van der Waals surface area contributed by atoms with Gasteiger partial charge < -0.3 is 0 Å². The molecular weight excluding hydrogens is 168 g/mol. The summed E-state index contributed by atoms with van der Waals surface area (Å²) < 4.78 is 0. The fourth-order valence-corrected chi connectivity index (χ4v) is 1.11. The summed E-state index contributed by atoms with van der Waals surface area (Å²) in [6, 6.07) is 0. The lowest BCUT2D eigenvalue weighted by Crippen LogP contribution is -1.84. The Bertz CT molecular complexity index is 113. The van der Waals surface area contributed by atoms with E-state index in [0.717, 1.165) is 0 Å². The molecule has 0 heteroatoms. The normalized spacial score (nSPS) is 11.1. The summed E-state index contributed by atoms with van der Waals surface area (Å²) in [5, 5.41) is 0. The maximum Gasteiger partial charge on any atom is -0.0265 e. The maximum atomic E-state index is 3.68. The van der Waals surface area contributed by atoms with Crippen molar-refractivity contribution in [1.82, 2.24) is 0 Å². The average molecular weight is 196 g/mol. The van der Waals surface area contributed by atoms with Crippen LogP contribution in [-0.2, 0) is 0 Å². The minimum Gasteiger partial charge on any atom is -0.103 e. The zero-order valence-electron chi connectivity index (χ0n) is 10.4. The molecule has 0 radical (unpaired) electrons. The number of hydrogen-bond acceptors (Lipinski definition) is 0. The molecule has 0 aromatic heterocycles. The highest BCUT2D eigenvalue weighted by Crippen LogP contribution is 2.03. The minimum absolute atomic E-state index is 0.713. The zero-order valence-corrected chi connectivity index (χ0v) is 10.4. The lowest BCUT2D eigenvalue weighted by molar-refractivity contribution is 0.635. The molecule has 0 aliphatic rings. The van der Waals surface area contributed by atoms with Crippen LogP contribution in [0.25, 0.3) is 0 Å². The third kappa shape index (κ3) is 17.5. The van der Waals surface area contributed by atoms with E-state index in [2.05, 4.69) is 33.9 Å². The zero-order chi connectivity index (χ0) is 11.2. The molecule has 1 atom stereocenters. The molecule has 0 N–H and O–H groups in total. The molecule has 0 bridgehead atoms. The van der Waals surface area contributed by atoms with Crippen molar-refractivity contribution >= 4 is 0 Å². The molecule has 0 aromatic carbocycles. The third-order valence-electron chi connectivity index (χ3n) is 2.16. The quantitative estimate of drug-likeness (QED) is 0.380. The van der Waals surface area contributed by atoms with Crippen LogP contribution in [0.2, 0.25) is 0 Å². The van der Waals surface area contributed by atoms with Crippen molar-refractivity contribution in [2.75, 3.05) is 0 Å². The molecule has 0 amide bonds. The lowest BCUT2D eigenvalue weighted by Gasteiger charge is -1.98. The predicted octanol–water partition coefficient (Wildman–Crippen LogP) is 5.36. The molecule has 0 fully saturated rings. The van der Waals surface area contributed by atoms with Crippen LogP contribution in [0.15, 0.2) is 25.3 Å². The van der Waals surface area contributed by atoms with Crippen LogP contribution < -0.4 is 0 Å². The Hall–Kier alpha value is -0.520. The molecule has 0 saturated carbocycles. The summed E-state index contributed by atoms with van der Waals surface area (Å²) in [5.41, 5.74) is 0. The molecule has 84 valence electrons. The highest BCUT2D eigenvalue weighted by atomic mass is 13.9. The maximum absolute atomic E-state index is 3.68. The summed E-state index contributed by atoms with van der Waals surface area (Å²) in [5.74, 6) is 0.713. The highest BCUT2D eigenvalue weighted by Gasteiger charge is 1.89. The van der Waals surface area contributed by atoms with Crippen LogP contribution in [0.3, 0.4) is 0 Å². The van der Waals surface area contributed by atoms with Gasteiger partial charge in [-0.3, -0.25) is 0 Å². The fraction of sp³-hybridized carbons (Fsp3) is 0.714. The van der Waals surface area contributed by atoms with Gasteiger partial charge in [0.1, 0.15) is 0 Å². The van der Waals surface area contributed by atoms with Crippen LogP contribution >= 0.6 is 0 Å². The molecule has 0 saturated heterocycles. The molecule has 0 spiro atoms. The van der Waals surface area contributed by atoms with E-state index < -0.39 is 0 Å². The molecule has 14 heavy (non-hydrogen) atoms. The monoisotopic (exact) mass is 196 g/mol. The van der Waals surface area contributed by atoms with Gasteiger partial charge in [-0.1, -0.05) is 52.2 Å². The smallest absolute Gasteiger partial charge is 0.0265 e. The van der Waals surface area contributed by atoms with Crippen molar-refractivity contribution < 1.29 is 0 Å². The second-order valence-electron chi connectivity index (χ2n) is 3.79. The van der Waals surface area contributed by atoms with Crippen LogP contribution in [0.4, 0.5) is 0 Å². The van der Waals surface area contributed by atoms with Gasteiger partial charge in [0.25, 0.3) is 0 Å². The van der Waals surface area contributed by atoms with Gasteiger partial charge in [-0.15, -0.1) is 13.2 Å². The number of hydrogen-bond donors (Lipinski definition) is 0. The summed E-state index contributed by atoms with van der Waals surface area (Å²) in [4.78, 5) is 0. The topological polar surface area (TPSA) is 0 Å². The molecular formula is C14H28. The third-order valence-corrected chi connectivity index (χ3v) is 2.16. The fourth-order valence-electron chi connectivity index (χ4n) is 1.11. The first kappa shape index (κ1) is 15.9. The van der Waals surface area contributed by atoms with Gasteiger partial charge in [0.15, 0.2) is 0 Å². The van der Waals surface area contributed by atoms with Crippen LogP contribution in [0, 0.1) is 5.92 Å². The van der Waals surface area contributed by atoms with E-state index in [-0.39, 0.29) is 0 Å². The van der Waals surface area contributed by atoms with E-state index in [1.165, 1.54) is 38.5 Å². The van der Waals surface area contributed by atoms with E-state index in [0.29, 0.717) is 5.92 Å². The van der Waals surface area contributed by atoms with Crippen molar-refractivity contribution in [3.05, 3.63) is 25.3 Å². The van der Waals surface area contributed by atoms with Gasteiger partial charge >= 0.3 is 0 Å². The summed E-state index contributed by atoms with van der Waals surface area (Å²) in [6.07, 6.45) is 11.7. The van der Waals surface area contributed by atoms with Gasteiger partial charge in [-0.2, -0.15) is 0 Å². The van der Waals surface area contributed by atoms with Gasteiger partial charge in [-0.25, -0.2) is 0 Å². The Morgan fingerprint density at radius 3 is 2.00 bits per heavy atom. The number of unbranched alkanes of at least 4 members (excludes halogenated alkanes) is 3. The molecule has 0 rings (SSSR count). The van der Waals surface area contributed by atoms with Crippen molar-refractivity contribution in [2.45, 2.75) is 59.3 Å². The van der Waals surface area contributed by atoms with Crippen molar-refractivity contribution in [1.29, 1.82) is 0 Å². The lowest BCUT2D eigenvalue weighted by atomic mass is 10.1. The van der Waals surface area contributed by atoms with Crippen molar-refractivity contribution in [3.63, 3.8) is 0 Å². The average Bonchev–Trinajstić information content (AvgIpc) is 2.20. The van der Waals surface area contributed by atoms with E-state index in [9.17, 15) is 0 Å². The van der Waals surface area contributed by atoms with Gasteiger partial charge in [0, 0.05) is 0 Å². The predicted molar refractivity (Wildman–Crippen MR) is 68.6 cm³/mol. The van der Waals surface area contributed by atoms with Crippen LogP contribution in [0.5, 0.6) is 0 Å². The molecule has 0 heterocycles. The van der Waals surface area contributed by atoms with Crippen LogP contribution in [0.1, 0.15) is 59.3 Å². The molecule has 1 unspecified atom stereocenters. The molecule has 0 aromatic rings. The first-order chi connectivity index (χ1) is 6.72. The van der Waals surface area contributed by atoms with Gasteiger partial charge in [0.05, 0.1) is 0 Å². The van der Waals surface area contributed by atoms with Gasteiger partial charge in [-0.05, 0) is 25.2 Å². The van der Waals surface area contributed by atoms with E-state index >= 15 is 0 Å². The number of allylic oxidation sites excluding steroid dienone is 2. The van der Waals surface area contributed by atoms with E-state index in [1.807, 2.05) is 12.2 Å². The highest BCUT2D eigenvalue weighted by molar-refractivity contribution is 4.73. The first-order valence-electron chi connectivity index (χ1n) is 5.96. The standard InChI is InChI=1S/2C7H14/c1-4-6-7(3)5-2;1-3-5-7-6-4-2/h5,7H,2,4,6H2,1,3H3;3H,1,4-7H2,2H3. The van der Waals surface area contributed by atoms with Crippen LogP contribution in [-0.4, -0.2) is 0 Å². The van der Waals surface area contributed by atoms with E-state index in [4.69, 9.17) is 0 Å². The molecule has 0 nitrogen and oxygen atoms in total. The SMILES string of the molecule is C=CC(C)CCC.C=CCCCCC. The van der Waals surface area contributed by atoms with Gasteiger partial charge in [0.2, 0.25) is 0 Å². The second kappa shape index (κ2) is 15.0. The Balaban J connectivity index is 0.